The zero-order valence-corrected chi connectivity index (χ0v) is 14.5. The number of piperidine rings is 1. The van der Waals surface area contributed by atoms with Crippen molar-refractivity contribution in [1.29, 1.82) is 0 Å². The molecule has 2 aromatic heterocycles. The van der Waals surface area contributed by atoms with Crippen LogP contribution >= 0.6 is 0 Å². The maximum Gasteiger partial charge on any atom is 0.274 e. The van der Waals surface area contributed by atoms with Crippen molar-refractivity contribution in [3.8, 4) is 0 Å². The lowest BCUT2D eigenvalue weighted by Gasteiger charge is -2.26. The molecule has 2 saturated heterocycles. The average molecular weight is 326 g/mol. The maximum absolute atomic E-state index is 13.1. The minimum atomic E-state index is 0.118. The molecule has 2 aliphatic rings. The summed E-state index contributed by atoms with van der Waals surface area (Å²) in [7, 11) is 0. The molecule has 1 amide bonds. The highest BCUT2D eigenvalue weighted by molar-refractivity contribution is 5.94. The van der Waals surface area contributed by atoms with Crippen LogP contribution in [0.3, 0.4) is 0 Å². The van der Waals surface area contributed by atoms with E-state index in [0.717, 1.165) is 62.5 Å². The van der Waals surface area contributed by atoms with Gasteiger partial charge in [0.15, 0.2) is 5.69 Å². The number of amides is 1. The number of aromatic nitrogens is 2. The van der Waals surface area contributed by atoms with Gasteiger partial charge in [-0.05, 0) is 63.7 Å². The summed E-state index contributed by atoms with van der Waals surface area (Å²) in [5.74, 6) is 0.118. The van der Waals surface area contributed by atoms with Crippen LogP contribution in [0.4, 0.5) is 0 Å². The van der Waals surface area contributed by atoms with Crippen LogP contribution in [0.25, 0.3) is 5.65 Å². The lowest BCUT2D eigenvalue weighted by atomic mass is 10.1. The third-order valence-electron chi connectivity index (χ3n) is 5.36. The molecule has 2 aromatic rings. The Balaban J connectivity index is 1.74. The molecule has 0 bridgehead atoms. The minimum absolute atomic E-state index is 0.118. The molecule has 2 aliphatic heterocycles. The molecule has 0 aliphatic carbocycles. The Morgan fingerprint density at radius 1 is 1.08 bits per heavy atom. The van der Waals surface area contributed by atoms with Gasteiger partial charge in [-0.25, -0.2) is 4.98 Å². The number of hydrogen-bond acceptors (Lipinski definition) is 3. The van der Waals surface area contributed by atoms with Crippen LogP contribution < -0.4 is 0 Å². The Morgan fingerprint density at radius 3 is 2.54 bits per heavy atom. The number of nitrogens with zero attached hydrogens (tertiary/aromatic N) is 4. The summed E-state index contributed by atoms with van der Waals surface area (Å²) in [6.07, 6.45) is 8.01. The first-order valence-electron chi connectivity index (χ1n) is 9.22. The van der Waals surface area contributed by atoms with E-state index in [1.807, 2.05) is 17.2 Å². The van der Waals surface area contributed by atoms with E-state index in [0.29, 0.717) is 5.69 Å². The number of carbonyl (C=O) groups is 1. The summed E-state index contributed by atoms with van der Waals surface area (Å²) in [6.45, 7) is 6.87. The summed E-state index contributed by atoms with van der Waals surface area (Å²) in [5, 5.41) is 0. The number of hydrogen-bond donors (Lipinski definition) is 0. The van der Waals surface area contributed by atoms with E-state index in [1.54, 1.807) is 0 Å². The molecule has 5 heteroatoms. The molecule has 0 spiro atoms. The van der Waals surface area contributed by atoms with Gasteiger partial charge in [-0.2, -0.15) is 0 Å². The Labute approximate surface area is 143 Å². The summed E-state index contributed by atoms with van der Waals surface area (Å²) < 4.78 is 2.13. The molecule has 0 N–H and O–H groups in total. The van der Waals surface area contributed by atoms with Gasteiger partial charge in [0.1, 0.15) is 5.65 Å². The second-order valence-electron chi connectivity index (χ2n) is 7.13. The molecule has 4 rings (SSSR count). The predicted octanol–water partition coefficient (Wildman–Crippen LogP) is 2.86. The number of likely N-dealkylation sites (tertiary alicyclic amines) is 2. The Kier molecular flexibility index (Phi) is 4.27. The summed E-state index contributed by atoms with van der Waals surface area (Å²) in [5.41, 5.74) is 3.77. The molecule has 0 radical (unpaired) electrons. The Morgan fingerprint density at radius 2 is 1.79 bits per heavy atom. The van der Waals surface area contributed by atoms with Crippen molar-refractivity contribution in [1.82, 2.24) is 19.2 Å². The number of imidazole rings is 1. The third kappa shape index (κ3) is 2.81. The zero-order valence-electron chi connectivity index (χ0n) is 14.5. The molecule has 0 atom stereocenters. The fourth-order valence-electron chi connectivity index (χ4n) is 3.97. The van der Waals surface area contributed by atoms with Gasteiger partial charge in [0.05, 0.1) is 5.69 Å². The summed E-state index contributed by atoms with van der Waals surface area (Å²) in [6, 6.07) is 4.11. The zero-order chi connectivity index (χ0) is 16.5. The first kappa shape index (κ1) is 15.6. The van der Waals surface area contributed by atoms with Gasteiger partial charge in [-0.1, -0.05) is 6.07 Å². The van der Waals surface area contributed by atoms with Crippen molar-refractivity contribution in [3.63, 3.8) is 0 Å². The number of fused-ring (bicyclic) bond motifs is 1. The van der Waals surface area contributed by atoms with Crippen LogP contribution in [0.5, 0.6) is 0 Å². The van der Waals surface area contributed by atoms with Gasteiger partial charge < -0.3 is 9.30 Å². The van der Waals surface area contributed by atoms with Crippen molar-refractivity contribution in [2.24, 2.45) is 0 Å². The highest BCUT2D eigenvalue weighted by Crippen LogP contribution is 2.22. The molecule has 0 saturated carbocycles. The van der Waals surface area contributed by atoms with Gasteiger partial charge in [0.2, 0.25) is 0 Å². The highest BCUT2D eigenvalue weighted by atomic mass is 16.2. The van der Waals surface area contributed by atoms with Crippen molar-refractivity contribution in [2.45, 2.75) is 45.6 Å². The molecule has 128 valence electrons. The van der Waals surface area contributed by atoms with Crippen LogP contribution in [0.1, 0.15) is 53.8 Å². The van der Waals surface area contributed by atoms with Crippen LogP contribution in [-0.2, 0) is 6.54 Å². The SMILES string of the molecule is Cc1cccn2c(CN3CCCC3)c(C(=O)N3CCCCC3)nc12. The molecule has 0 aromatic carbocycles. The molecule has 4 heterocycles. The van der Waals surface area contributed by atoms with Gasteiger partial charge in [0, 0.05) is 25.8 Å². The van der Waals surface area contributed by atoms with Crippen molar-refractivity contribution in [3.05, 3.63) is 35.3 Å². The van der Waals surface area contributed by atoms with Crippen LogP contribution in [-0.4, -0.2) is 51.3 Å². The molecule has 0 unspecified atom stereocenters. The molecular formula is C19H26N4O. The second kappa shape index (κ2) is 6.55. The van der Waals surface area contributed by atoms with Crippen molar-refractivity contribution < 1.29 is 4.79 Å². The van der Waals surface area contributed by atoms with Gasteiger partial charge in [-0.3, -0.25) is 9.69 Å². The van der Waals surface area contributed by atoms with E-state index in [9.17, 15) is 4.79 Å². The van der Waals surface area contributed by atoms with E-state index in [-0.39, 0.29) is 5.91 Å². The minimum Gasteiger partial charge on any atom is -0.337 e. The normalized spacial score (nSPS) is 19.3. The average Bonchev–Trinajstić information content (AvgIpc) is 3.25. The lowest BCUT2D eigenvalue weighted by Crippen LogP contribution is -2.36. The van der Waals surface area contributed by atoms with Gasteiger partial charge >= 0.3 is 0 Å². The van der Waals surface area contributed by atoms with Crippen molar-refractivity contribution >= 4 is 11.6 Å². The first-order valence-corrected chi connectivity index (χ1v) is 9.22. The van der Waals surface area contributed by atoms with E-state index in [2.05, 4.69) is 22.3 Å². The fraction of sp³-hybridized carbons (Fsp3) is 0.579. The van der Waals surface area contributed by atoms with Gasteiger partial charge in [-0.15, -0.1) is 0 Å². The van der Waals surface area contributed by atoms with E-state index in [1.165, 1.54) is 19.3 Å². The van der Waals surface area contributed by atoms with Crippen LogP contribution in [0.15, 0.2) is 18.3 Å². The predicted molar refractivity (Wildman–Crippen MR) is 94.2 cm³/mol. The molecule has 2 fully saturated rings. The third-order valence-corrected chi connectivity index (χ3v) is 5.36. The topological polar surface area (TPSA) is 40.9 Å². The summed E-state index contributed by atoms with van der Waals surface area (Å²) in [4.78, 5) is 22.3. The Bertz CT molecular complexity index is 739. The maximum atomic E-state index is 13.1. The first-order chi connectivity index (χ1) is 11.7. The standard InChI is InChI=1S/C19H26N4O/c1-15-8-7-13-23-16(14-21-9-5-6-10-21)17(20-18(15)23)19(24)22-11-3-2-4-12-22/h7-8,13H,2-6,9-12,14H2,1H3. The fourth-order valence-corrected chi connectivity index (χ4v) is 3.97. The molecule has 24 heavy (non-hydrogen) atoms. The van der Waals surface area contributed by atoms with E-state index < -0.39 is 0 Å². The highest BCUT2D eigenvalue weighted by Gasteiger charge is 2.27. The van der Waals surface area contributed by atoms with Crippen molar-refractivity contribution in [2.75, 3.05) is 26.2 Å². The van der Waals surface area contributed by atoms with E-state index >= 15 is 0 Å². The van der Waals surface area contributed by atoms with E-state index in [4.69, 9.17) is 4.98 Å². The smallest absolute Gasteiger partial charge is 0.274 e. The Hall–Kier alpha value is -1.88. The summed E-state index contributed by atoms with van der Waals surface area (Å²) >= 11 is 0. The molecule has 5 nitrogen and oxygen atoms in total. The second-order valence-corrected chi connectivity index (χ2v) is 7.13. The van der Waals surface area contributed by atoms with Crippen LogP contribution in [0, 0.1) is 6.92 Å². The number of pyridine rings is 1. The number of aryl methyl sites for hydroxylation is 1. The van der Waals surface area contributed by atoms with Crippen LogP contribution in [0.2, 0.25) is 0 Å². The lowest BCUT2D eigenvalue weighted by molar-refractivity contribution is 0.0716. The number of rotatable bonds is 3. The monoisotopic (exact) mass is 326 g/mol. The van der Waals surface area contributed by atoms with Gasteiger partial charge in [0.25, 0.3) is 5.91 Å². The molecular weight excluding hydrogens is 300 g/mol. The number of carbonyl (C=O) groups excluding carboxylic acids is 1. The quantitative estimate of drug-likeness (QED) is 0.871. The largest absolute Gasteiger partial charge is 0.337 e.